The molecule has 0 saturated carbocycles. The molecule has 2 aromatic carbocycles. The highest BCUT2D eigenvalue weighted by Gasteiger charge is 2.20. The Balaban J connectivity index is 1.52. The summed E-state index contributed by atoms with van der Waals surface area (Å²) in [5.41, 5.74) is 5.27. The molecular weight excluding hydrogens is 408 g/mol. The Morgan fingerprint density at radius 2 is 1.58 bits per heavy atom. The minimum atomic E-state index is -0.137. The molecule has 0 spiro atoms. The molecule has 0 aliphatic carbocycles. The number of benzene rings is 2. The van der Waals surface area contributed by atoms with Crippen molar-refractivity contribution >= 4 is 16.8 Å². The zero-order valence-electron chi connectivity index (χ0n) is 18.0. The molecular formula is C28H22N4O. The average molecular weight is 431 g/mol. The standard InChI is InChI=1S/C28H22N4O/c33-28(27-14-13-22-18-29-17-15-26(22)31-27)32(20-24-11-6-7-16-30-24)19-23-10-4-5-12-25(23)21-8-2-1-3-9-21/h1-18H,19-20H2. The lowest BCUT2D eigenvalue weighted by atomic mass is 9.99. The van der Waals surface area contributed by atoms with Gasteiger partial charge in [-0.1, -0.05) is 60.7 Å². The van der Waals surface area contributed by atoms with Gasteiger partial charge in [0.15, 0.2) is 0 Å². The molecule has 1 amide bonds. The first kappa shape index (κ1) is 20.5. The number of amides is 1. The highest BCUT2D eigenvalue weighted by atomic mass is 16.2. The molecule has 0 radical (unpaired) electrons. The zero-order chi connectivity index (χ0) is 22.5. The van der Waals surface area contributed by atoms with Crippen LogP contribution in [-0.2, 0) is 13.1 Å². The maximum Gasteiger partial charge on any atom is 0.273 e. The second-order valence-electron chi connectivity index (χ2n) is 7.77. The van der Waals surface area contributed by atoms with Crippen LogP contribution in [0.4, 0.5) is 0 Å². The molecule has 5 aromatic rings. The molecule has 3 heterocycles. The molecule has 5 heteroatoms. The molecule has 0 bridgehead atoms. The molecule has 5 nitrogen and oxygen atoms in total. The third-order valence-corrected chi connectivity index (χ3v) is 5.54. The van der Waals surface area contributed by atoms with Crippen LogP contribution >= 0.6 is 0 Å². The summed E-state index contributed by atoms with van der Waals surface area (Å²) in [7, 11) is 0. The third-order valence-electron chi connectivity index (χ3n) is 5.54. The van der Waals surface area contributed by atoms with E-state index in [2.05, 4.69) is 39.2 Å². The lowest BCUT2D eigenvalue weighted by Crippen LogP contribution is -2.31. The van der Waals surface area contributed by atoms with E-state index in [4.69, 9.17) is 0 Å². The molecule has 33 heavy (non-hydrogen) atoms. The number of aromatic nitrogens is 3. The van der Waals surface area contributed by atoms with Crippen molar-refractivity contribution in [3.05, 3.63) is 127 Å². The van der Waals surface area contributed by atoms with Crippen LogP contribution < -0.4 is 0 Å². The van der Waals surface area contributed by atoms with Crippen molar-refractivity contribution in [2.75, 3.05) is 0 Å². The van der Waals surface area contributed by atoms with E-state index in [0.29, 0.717) is 18.8 Å². The SMILES string of the molecule is O=C(c1ccc2cnccc2n1)N(Cc1ccccn1)Cc1ccccc1-c1ccccc1. The van der Waals surface area contributed by atoms with Gasteiger partial charge in [0.05, 0.1) is 17.8 Å². The molecule has 0 unspecified atom stereocenters. The molecule has 0 atom stereocenters. The molecule has 160 valence electrons. The lowest BCUT2D eigenvalue weighted by molar-refractivity contribution is 0.0722. The van der Waals surface area contributed by atoms with Gasteiger partial charge in [-0.15, -0.1) is 0 Å². The second-order valence-corrected chi connectivity index (χ2v) is 7.77. The fraction of sp³-hybridized carbons (Fsp3) is 0.0714. The highest BCUT2D eigenvalue weighted by Crippen LogP contribution is 2.26. The first-order valence-electron chi connectivity index (χ1n) is 10.8. The van der Waals surface area contributed by atoms with Crippen molar-refractivity contribution in [2.45, 2.75) is 13.1 Å². The maximum absolute atomic E-state index is 13.7. The van der Waals surface area contributed by atoms with Crippen LogP contribution in [0.3, 0.4) is 0 Å². The predicted octanol–water partition coefficient (Wildman–Crippen LogP) is 5.53. The number of hydrogen-bond donors (Lipinski definition) is 0. The molecule has 0 N–H and O–H groups in total. The summed E-state index contributed by atoms with van der Waals surface area (Å²) >= 11 is 0. The van der Waals surface area contributed by atoms with Gasteiger partial charge >= 0.3 is 0 Å². The number of hydrogen-bond acceptors (Lipinski definition) is 4. The molecule has 0 saturated heterocycles. The Morgan fingerprint density at radius 3 is 2.42 bits per heavy atom. The van der Waals surface area contributed by atoms with E-state index >= 15 is 0 Å². The smallest absolute Gasteiger partial charge is 0.273 e. The summed E-state index contributed by atoms with van der Waals surface area (Å²) in [5.74, 6) is -0.137. The fourth-order valence-electron chi connectivity index (χ4n) is 3.90. The second kappa shape index (κ2) is 9.40. The van der Waals surface area contributed by atoms with E-state index in [1.165, 1.54) is 0 Å². The van der Waals surface area contributed by atoms with Crippen LogP contribution in [0.5, 0.6) is 0 Å². The predicted molar refractivity (Wildman–Crippen MR) is 129 cm³/mol. The quantitative estimate of drug-likeness (QED) is 0.355. The Morgan fingerprint density at radius 1 is 0.758 bits per heavy atom. The summed E-state index contributed by atoms with van der Waals surface area (Å²) in [6.45, 7) is 0.829. The van der Waals surface area contributed by atoms with Crippen LogP contribution in [0, 0.1) is 0 Å². The minimum Gasteiger partial charge on any atom is -0.327 e. The summed E-state index contributed by atoms with van der Waals surface area (Å²) < 4.78 is 0. The van der Waals surface area contributed by atoms with Crippen molar-refractivity contribution in [3.63, 3.8) is 0 Å². The van der Waals surface area contributed by atoms with Crippen LogP contribution in [0.2, 0.25) is 0 Å². The summed E-state index contributed by atoms with van der Waals surface area (Å²) in [4.78, 5) is 28.7. The highest BCUT2D eigenvalue weighted by molar-refractivity contribution is 5.94. The Bertz CT molecular complexity index is 1390. The Hall–Kier alpha value is -4.38. The van der Waals surface area contributed by atoms with Gasteiger partial charge in [-0.05, 0) is 47.0 Å². The molecule has 3 aromatic heterocycles. The van der Waals surface area contributed by atoms with Crippen molar-refractivity contribution in [2.24, 2.45) is 0 Å². The van der Waals surface area contributed by atoms with Gasteiger partial charge in [-0.25, -0.2) is 4.98 Å². The van der Waals surface area contributed by atoms with E-state index < -0.39 is 0 Å². The monoisotopic (exact) mass is 430 g/mol. The first-order valence-corrected chi connectivity index (χ1v) is 10.8. The van der Waals surface area contributed by atoms with E-state index in [1.54, 1.807) is 29.6 Å². The fourth-order valence-corrected chi connectivity index (χ4v) is 3.90. The zero-order valence-corrected chi connectivity index (χ0v) is 18.0. The summed E-state index contributed by atoms with van der Waals surface area (Å²) in [6, 6.07) is 29.6. The lowest BCUT2D eigenvalue weighted by Gasteiger charge is -2.24. The number of pyridine rings is 3. The first-order chi connectivity index (χ1) is 16.3. The number of rotatable bonds is 6. The topological polar surface area (TPSA) is 59.0 Å². The van der Waals surface area contributed by atoms with Gasteiger partial charge in [0, 0.05) is 30.5 Å². The normalized spacial score (nSPS) is 10.8. The van der Waals surface area contributed by atoms with Crippen LogP contribution in [-0.4, -0.2) is 25.8 Å². The van der Waals surface area contributed by atoms with Gasteiger partial charge in [0.25, 0.3) is 5.91 Å². The van der Waals surface area contributed by atoms with Gasteiger partial charge < -0.3 is 4.90 Å². The molecule has 5 rings (SSSR count). The molecule has 0 fully saturated rings. The number of carbonyl (C=O) groups is 1. The van der Waals surface area contributed by atoms with Crippen molar-refractivity contribution < 1.29 is 4.79 Å². The van der Waals surface area contributed by atoms with Crippen LogP contribution in [0.25, 0.3) is 22.0 Å². The number of fused-ring (bicyclic) bond motifs is 1. The van der Waals surface area contributed by atoms with Gasteiger partial charge in [-0.3, -0.25) is 14.8 Å². The van der Waals surface area contributed by atoms with E-state index in [0.717, 1.165) is 33.3 Å². The van der Waals surface area contributed by atoms with Gasteiger partial charge in [-0.2, -0.15) is 0 Å². The number of carbonyl (C=O) groups excluding carboxylic acids is 1. The van der Waals surface area contributed by atoms with Crippen molar-refractivity contribution in [1.82, 2.24) is 19.9 Å². The van der Waals surface area contributed by atoms with Crippen molar-refractivity contribution in [3.8, 4) is 11.1 Å². The Kier molecular flexibility index (Phi) is 5.85. The molecule has 0 aliphatic heterocycles. The maximum atomic E-state index is 13.7. The third kappa shape index (κ3) is 4.62. The Labute approximate surface area is 192 Å². The van der Waals surface area contributed by atoms with E-state index in [-0.39, 0.29) is 5.91 Å². The van der Waals surface area contributed by atoms with Crippen molar-refractivity contribution in [1.29, 1.82) is 0 Å². The van der Waals surface area contributed by atoms with E-state index in [1.807, 2.05) is 60.7 Å². The van der Waals surface area contributed by atoms with Gasteiger partial charge in [0.2, 0.25) is 0 Å². The number of nitrogens with zero attached hydrogens (tertiary/aromatic N) is 4. The average Bonchev–Trinajstić information content (AvgIpc) is 2.89. The largest absolute Gasteiger partial charge is 0.327 e. The van der Waals surface area contributed by atoms with E-state index in [9.17, 15) is 4.79 Å². The van der Waals surface area contributed by atoms with Crippen LogP contribution in [0.1, 0.15) is 21.7 Å². The molecule has 0 aliphatic rings. The van der Waals surface area contributed by atoms with Crippen LogP contribution in [0.15, 0.2) is 110 Å². The van der Waals surface area contributed by atoms with Gasteiger partial charge in [0.1, 0.15) is 5.69 Å². The summed E-state index contributed by atoms with van der Waals surface area (Å²) in [6.07, 6.45) is 5.18. The summed E-state index contributed by atoms with van der Waals surface area (Å²) in [5, 5.41) is 0.903. The minimum absolute atomic E-state index is 0.137.